The molecule has 0 fully saturated rings. The Balaban J connectivity index is 1.84. The molecule has 3 rings (SSSR count). The lowest BCUT2D eigenvalue weighted by molar-refractivity contribution is 0.0994. The lowest BCUT2D eigenvalue weighted by Gasteiger charge is -2.13. The van der Waals surface area contributed by atoms with E-state index >= 15 is 0 Å². The SMILES string of the molecule is C=CCn1c(S[C@H](C)C(=O)c2ccc(OCC)cc2)nnc1-c1ccccc1OC. The summed E-state index contributed by atoms with van der Waals surface area (Å²) in [6.07, 6.45) is 1.78. The van der Waals surface area contributed by atoms with E-state index in [2.05, 4.69) is 16.8 Å². The topological polar surface area (TPSA) is 66.2 Å². The number of para-hydroxylation sites is 1. The Morgan fingerprint density at radius 2 is 1.93 bits per heavy atom. The first kappa shape index (κ1) is 21.6. The van der Waals surface area contributed by atoms with Crippen LogP contribution in [0.25, 0.3) is 11.4 Å². The van der Waals surface area contributed by atoms with Gasteiger partial charge in [0.15, 0.2) is 16.8 Å². The Kier molecular flexibility index (Phi) is 7.30. The molecule has 6 nitrogen and oxygen atoms in total. The highest BCUT2D eigenvalue weighted by Gasteiger charge is 2.22. The highest BCUT2D eigenvalue weighted by atomic mass is 32.2. The first-order chi connectivity index (χ1) is 14.6. The van der Waals surface area contributed by atoms with Gasteiger partial charge in [-0.3, -0.25) is 9.36 Å². The minimum atomic E-state index is -0.332. The summed E-state index contributed by atoms with van der Waals surface area (Å²) in [5, 5.41) is 9.03. The number of hydrogen-bond acceptors (Lipinski definition) is 6. The van der Waals surface area contributed by atoms with Crippen molar-refractivity contribution in [1.29, 1.82) is 0 Å². The van der Waals surface area contributed by atoms with Crippen molar-refractivity contribution in [3.05, 3.63) is 66.7 Å². The maximum Gasteiger partial charge on any atom is 0.192 e. The number of benzene rings is 2. The van der Waals surface area contributed by atoms with Crippen molar-refractivity contribution < 1.29 is 14.3 Å². The molecule has 1 aromatic heterocycles. The molecule has 0 saturated heterocycles. The van der Waals surface area contributed by atoms with Gasteiger partial charge in [0, 0.05) is 12.1 Å². The number of hydrogen-bond donors (Lipinski definition) is 0. The van der Waals surface area contributed by atoms with E-state index in [1.165, 1.54) is 11.8 Å². The van der Waals surface area contributed by atoms with Gasteiger partial charge in [-0.15, -0.1) is 16.8 Å². The Bertz CT molecular complexity index is 1010. The van der Waals surface area contributed by atoms with Crippen molar-refractivity contribution in [2.45, 2.75) is 30.8 Å². The van der Waals surface area contributed by atoms with Gasteiger partial charge in [0.25, 0.3) is 0 Å². The van der Waals surface area contributed by atoms with Gasteiger partial charge in [0.2, 0.25) is 0 Å². The van der Waals surface area contributed by atoms with Gasteiger partial charge in [-0.25, -0.2) is 0 Å². The maximum absolute atomic E-state index is 12.9. The Labute approximate surface area is 180 Å². The van der Waals surface area contributed by atoms with Crippen molar-refractivity contribution in [3.8, 4) is 22.9 Å². The largest absolute Gasteiger partial charge is 0.496 e. The summed E-state index contributed by atoms with van der Waals surface area (Å²) in [5.74, 6) is 2.16. The predicted octanol–water partition coefficient (Wildman–Crippen LogP) is 4.90. The normalized spacial score (nSPS) is 11.7. The highest BCUT2D eigenvalue weighted by molar-refractivity contribution is 8.00. The molecule has 30 heavy (non-hydrogen) atoms. The van der Waals surface area contributed by atoms with Crippen LogP contribution in [-0.4, -0.2) is 39.5 Å². The molecular weight excluding hydrogens is 398 g/mol. The molecule has 0 radical (unpaired) electrons. The predicted molar refractivity (Wildman–Crippen MR) is 119 cm³/mol. The van der Waals surface area contributed by atoms with E-state index in [-0.39, 0.29) is 11.0 Å². The molecule has 0 amide bonds. The first-order valence-electron chi connectivity index (χ1n) is 9.70. The smallest absolute Gasteiger partial charge is 0.192 e. The van der Waals surface area contributed by atoms with Crippen LogP contribution in [0.5, 0.6) is 11.5 Å². The minimum absolute atomic E-state index is 0.0232. The molecule has 0 aliphatic heterocycles. The van der Waals surface area contributed by atoms with Crippen LogP contribution in [0.4, 0.5) is 0 Å². The third-order valence-corrected chi connectivity index (χ3v) is 5.56. The quantitative estimate of drug-likeness (QED) is 0.262. The number of ketones is 1. The van der Waals surface area contributed by atoms with E-state index in [4.69, 9.17) is 9.47 Å². The Morgan fingerprint density at radius 3 is 2.60 bits per heavy atom. The standard InChI is InChI=1S/C23H25N3O3S/c1-5-15-26-22(19-9-7-8-10-20(19)28-4)24-25-23(26)30-16(3)21(27)17-11-13-18(14-12-17)29-6-2/h5,7-14,16H,1,6,15H2,2-4H3/t16-/m1/s1. The Hall–Kier alpha value is -3.06. The average molecular weight is 424 g/mol. The van der Waals surface area contributed by atoms with Gasteiger partial charge in [-0.1, -0.05) is 30.0 Å². The van der Waals surface area contributed by atoms with E-state index in [0.717, 1.165) is 11.3 Å². The average Bonchev–Trinajstić information content (AvgIpc) is 3.16. The van der Waals surface area contributed by atoms with Crippen molar-refractivity contribution in [2.24, 2.45) is 0 Å². The number of thioether (sulfide) groups is 1. The Morgan fingerprint density at radius 1 is 1.20 bits per heavy atom. The first-order valence-corrected chi connectivity index (χ1v) is 10.6. The third kappa shape index (κ3) is 4.74. The third-order valence-electron chi connectivity index (χ3n) is 4.48. The van der Waals surface area contributed by atoms with Crippen molar-refractivity contribution in [1.82, 2.24) is 14.8 Å². The number of carbonyl (C=O) groups is 1. The van der Waals surface area contributed by atoms with Crippen molar-refractivity contribution in [2.75, 3.05) is 13.7 Å². The molecule has 0 N–H and O–H groups in total. The zero-order valence-corrected chi connectivity index (χ0v) is 18.2. The van der Waals surface area contributed by atoms with Crippen LogP contribution >= 0.6 is 11.8 Å². The second-order valence-electron chi connectivity index (χ2n) is 6.49. The molecule has 1 heterocycles. The van der Waals surface area contributed by atoms with Gasteiger partial charge >= 0.3 is 0 Å². The lowest BCUT2D eigenvalue weighted by atomic mass is 10.1. The van der Waals surface area contributed by atoms with Crippen LogP contribution in [0.15, 0.2) is 66.3 Å². The van der Waals surface area contributed by atoms with Crippen LogP contribution in [0, 0.1) is 0 Å². The number of carbonyl (C=O) groups excluding carboxylic acids is 1. The van der Waals surface area contributed by atoms with Crippen LogP contribution in [0.2, 0.25) is 0 Å². The molecule has 0 aliphatic rings. The minimum Gasteiger partial charge on any atom is -0.496 e. The summed E-state index contributed by atoms with van der Waals surface area (Å²) in [7, 11) is 1.63. The van der Waals surface area contributed by atoms with Crippen molar-refractivity contribution in [3.63, 3.8) is 0 Å². The van der Waals surface area contributed by atoms with Gasteiger partial charge in [-0.05, 0) is 50.2 Å². The number of Topliss-reactive ketones (excluding diaryl/α,β-unsaturated/α-hetero) is 1. The summed E-state index contributed by atoms with van der Waals surface area (Å²) in [5.41, 5.74) is 1.48. The van der Waals surface area contributed by atoms with E-state index in [0.29, 0.717) is 35.4 Å². The van der Waals surface area contributed by atoms with E-state index in [1.54, 1.807) is 25.3 Å². The zero-order chi connectivity index (χ0) is 21.5. The highest BCUT2D eigenvalue weighted by Crippen LogP contribution is 2.32. The zero-order valence-electron chi connectivity index (χ0n) is 17.4. The van der Waals surface area contributed by atoms with Crippen LogP contribution in [-0.2, 0) is 6.54 Å². The number of ether oxygens (including phenoxy) is 2. The second kappa shape index (κ2) is 10.1. The molecular formula is C23H25N3O3S. The van der Waals surface area contributed by atoms with E-state index in [1.807, 2.05) is 54.8 Å². The molecule has 156 valence electrons. The molecule has 3 aromatic rings. The monoisotopic (exact) mass is 423 g/mol. The summed E-state index contributed by atoms with van der Waals surface area (Å²) < 4.78 is 12.9. The fraction of sp³-hybridized carbons (Fsp3) is 0.261. The number of aromatic nitrogens is 3. The maximum atomic E-state index is 12.9. The van der Waals surface area contributed by atoms with E-state index in [9.17, 15) is 4.79 Å². The lowest BCUT2D eigenvalue weighted by Crippen LogP contribution is -2.15. The summed E-state index contributed by atoms with van der Waals surface area (Å²) >= 11 is 1.38. The van der Waals surface area contributed by atoms with Crippen LogP contribution < -0.4 is 9.47 Å². The van der Waals surface area contributed by atoms with Gasteiger partial charge in [-0.2, -0.15) is 0 Å². The van der Waals surface area contributed by atoms with Gasteiger partial charge < -0.3 is 9.47 Å². The number of nitrogens with zero attached hydrogens (tertiary/aromatic N) is 3. The molecule has 0 saturated carbocycles. The number of allylic oxidation sites excluding steroid dienone is 1. The fourth-order valence-electron chi connectivity index (χ4n) is 3.03. The fourth-order valence-corrected chi connectivity index (χ4v) is 3.96. The van der Waals surface area contributed by atoms with Crippen molar-refractivity contribution >= 4 is 17.5 Å². The molecule has 7 heteroatoms. The number of rotatable bonds is 10. The second-order valence-corrected chi connectivity index (χ2v) is 7.80. The van der Waals surface area contributed by atoms with Crippen LogP contribution in [0.3, 0.4) is 0 Å². The molecule has 1 atom stereocenters. The number of methoxy groups -OCH3 is 1. The summed E-state index contributed by atoms with van der Waals surface area (Å²) in [6, 6.07) is 14.9. The van der Waals surface area contributed by atoms with Gasteiger partial charge in [0.05, 0.1) is 24.5 Å². The molecule has 0 aliphatic carbocycles. The molecule has 2 aromatic carbocycles. The van der Waals surface area contributed by atoms with Gasteiger partial charge in [0.1, 0.15) is 11.5 Å². The summed E-state index contributed by atoms with van der Waals surface area (Å²) in [6.45, 7) is 8.76. The summed E-state index contributed by atoms with van der Waals surface area (Å²) in [4.78, 5) is 12.9. The van der Waals surface area contributed by atoms with Crippen LogP contribution in [0.1, 0.15) is 24.2 Å². The molecule has 0 spiro atoms. The molecule has 0 unspecified atom stereocenters. The molecule has 0 bridgehead atoms. The van der Waals surface area contributed by atoms with E-state index < -0.39 is 0 Å².